The number of hydrogen-bond donors (Lipinski definition) is 2. The first-order valence-electron chi connectivity index (χ1n) is 7.90. The van der Waals surface area contributed by atoms with Gasteiger partial charge in [0.2, 0.25) is 0 Å². The van der Waals surface area contributed by atoms with Crippen LogP contribution in [0.25, 0.3) is 0 Å². The predicted octanol–water partition coefficient (Wildman–Crippen LogP) is 2.43. The summed E-state index contributed by atoms with van der Waals surface area (Å²) in [4.78, 5) is 0. The molecule has 2 aliphatic rings. The van der Waals surface area contributed by atoms with E-state index in [0.29, 0.717) is 18.1 Å². The van der Waals surface area contributed by atoms with Crippen LogP contribution in [0.5, 0.6) is 0 Å². The average Bonchev–Trinajstić information content (AvgIpc) is 2.41. The van der Waals surface area contributed by atoms with Crippen LogP contribution in [-0.2, 0) is 9.84 Å². The van der Waals surface area contributed by atoms with Gasteiger partial charge in [0.15, 0.2) is 9.84 Å². The van der Waals surface area contributed by atoms with Crippen molar-refractivity contribution in [2.45, 2.75) is 55.7 Å². The van der Waals surface area contributed by atoms with Crippen LogP contribution in [-0.4, -0.2) is 19.4 Å². The lowest BCUT2D eigenvalue weighted by Crippen LogP contribution is -2.43. The maximum atomic E-state index is 12.4. The van der Waals surface area contributed by atoms with Crippen molar-refractivity contribution in [2.75, 3.05) is 5.75 Å². The summed E-state index contributed by atoms with van der Waals surface area (Å²) in [6, 6.07) is 7.92. The normalized spacial score (nSPS) is 27.0. The van der Waals surface area contributed by atoms with Gasteiger partial charge in [0.1, 0.15) is 0 Å². The Labute approximate surface area is 127 Å². The summed E-state index contributed by atoms with van der Waals surface area (Å²) < 4.78 is 24.8. The van der Waals surface area contributed by atoms with Crippen LogP contribution in [0, 0.1) is 0 Å². The first kappa shape index (κ1) is 15.0. The van der Waals surface area contributed by atoms with Gasteiger partial charge in [-0.05, 0) is 42.7 Å². The molecule has 3 N–H and O–H groups in total. The molecule has 2 unspecified atom stereocenters. The molecule has 0 spiro atoms. The fourth-order valence-electron chi connectivity index (χ4n) is 3.64. The molecule has 1 aromatic rings. The minimum Gasteiger partial charge on any atom is -0.271 e. The minimum absolute atomic E-state index is 0.285. The molecule has 0 amide bonds. The zero-order valence-corrected chi connectivity index (χ0v) is 13.1. The molecule has 1 aliphatic heterocycles. The highest BCUT2D eigenvalue weighted by Gasteiger charge is 2.37. The SMILES string of the molecule is NNC(c1ccccc1C1CCC1)C1CCCCS1(=O)=O. The third kappa shape index (κ3) is 2.87. The molecule has 116 valence electrons. The Morgan fingerprint density at radius 1 is 1.10 bits per heavy atom. The smallest absolute Gasteiger partial charge is 0.155 e. The number of benzene rings is 1. The molecule has 3 rings (SSSR count). The van der Waals surface area contributed by atoms with Gasteiger partial charge >= 0.3 is 0 Å². The van der Waals surface area contributed by atoms with E-state index < -0.39 is 15.1 Å². The van der Waals surface area contributed by atoms with Crippen molar-refractivity contribution in [1.29, 1.82) is 0 Å². The molecule has 1 saturated heterocycles. The van der Waals surface area contributed by atoms with Crippen LogP contribution in [0.3, 0.4) is 0 Å². The van der Waals surface area contributed by atoms with Gasteiger partial charge < -0.3 is 0 Å². The lowest BCUT2D eigenvalue weighted by atomic mass is 9.76. The molecular weight excluding hydrogens is 284 g/mol. The molecule has 1 aromatic carbocycles. The van der Waals surface area contributed by atoms with Crippen molar-refractivity contribution in [3.8, 4) is 0 Å². The Morgan fingerprint density at radius 2 is 1.86 bits per heavy atom. The maximum Gasteiger partial charge on any atom is 0.155 e. The van der Waals surface area contributed by atoms with Crippen molar-refractivity contribution >= 4 is 9.84 Å². The summed E-state index contributed by atoms with van der Waals surface area (Å²) >= 11 is 0. The van der Waals surface area contributed by atoms with Crippen molar-refractivity contribution < 1.29 is 8.42 Å². The molecule has 4 nitrogen and oxygen atoms in total. The largest absolute Gasteiger partial charge is 0.271 e. The molecule has 5 heteroatoms. The molecule has 0 bridgehead atoms. The third-order valence-corrected chi connectivity index (χ3v) is 7.34. The van der Waals surface area contributed by atoms with Crippen molar-refractivity contribution in [1.82, 2.24) is 5.43 Å². The Morgan fingerprint density at radius 3 is 2.48 bits per heavy atom. The molecule has 1 aliphatic carbocycles. The maximum absolute atomic E-state index is 12.4. The number of nitrogens with one attached hydrogen (secondary N) is 1. The standard InChI is InChI=1S/C16H24N2O2S/c17-18-16(15-10-3-4-11-21(15,19)20)14-9-2-1-8-13(14)12-6-5-7-12/h1-2,8-9,12,15-16,18H,3-7,10-11,17H2. The second-order valence-corrected chi connectivity index (χ2v) is 8.64. The summed E-state index contributed by atoms with van der Waals surface area (Å²) in [5, 5.41) is -0.391. The van der Waals surface area contributed by atoms with Crippen molar-refractivity contribution in [3.63, 3.8) is 0 Å². The van der Waals surface area contributed by atoms with E-state index in [-0.39, 0.29) is 6.04 Å². The van der Waals surface area contributed by atoms with Gasteiger partial charge in [0.05, 0.1) is 17.0 Å². The Bertz CT molecular complexity index is 596. The van der Waals surface area contributed by atoms with Gasteiger partial charge in [-0.2, -0.15) is 0 Å². The van der Waals surface area contributed by atoms with E-state index in [1.54, 1.807) is 0 Å². The lowest BCUT2D eigenvalue weighted by Gasteiger charge is -2.34. The lowest BCUT2D eigenvalue weighted by molar-refractivity contribution is 0.404. The van der Waals surface area contributed by atoms with Gasteiger partial charge in [0, 0.05) is 0 Å². The first-order valence-corrected chi connectivity index (χ1v) is 9.61. The van der Waals surface area contributed by atoms with Gasteiger partial charge in [-0.1, -0.05) is 37.1 Å². The molecule has 0 radical (unpaired) electrons. The van der Waals surface area contributed by atoms with Gasteiger partial charge in [-0.25, -0.2) is 8.42 Å². The van der Waals surface area contributed by atoms with E-state index >= 15 is 0 Å². The summed E-state index contributed by atoms with van der Waals surface area (Å²) in [6.45, 7) is 0. The van der Waals surface area contributed by atoms with E-state index in [4.69, 9.17) is 5.84 Å². The quantitative estimate of drug-likeness (QED) is 0.662. The van der Waals surface area contributed by atoms with Crippen LogP contribution in [0.2, 0.25) is 0 Å². The molecule has 0 aromatic heterocycles. The van der Waals surface area contributed by atoms with E-state index in [0.717, 1.165) is 18.4 Å². The van der Waals surface area contributed by atoms with Crippen LogP contribution in [0.4, 0.5) is 0 Å². The second kappa shape index (κ2) is 6.07. The van der Waals surface area contributed by atoms with Gasteiger partial charge in [0.25, 0.3) is 0 Å². The Hall–Kier alpha value is -0.910. The number of rotatable bonds is 4. The van der Waals surface area contributed by atoms with Crippen LogP contribution in [0.15, 0.2) is 24.3 Å². The van der Waals surface area contributed by atoms with Crippen LogP contribution in [0.1, 0.15) is 61.6 Å². The number of hydrogen-bond acceptors (Lipinski definition) is 4. The van der Waals surface area contributed by atoms with Crippen molar-refractivity contribution in [2.24, 2.45) is 5.84 Å². The Balaban J connectivity index is 1.96. The predicted molar refractivity (Wildman–Crippen MR) is 84.5 cm³/mol. The highest BCUT2D eigenvalue weighted by atomic mass is 32.2. The molecule has 21 heavy (non-hydrogen) atoms. The van der Waals surface area contributed by atoms with Crippen LogP contribution < -0.4 is 11.3 Å². The van der Waals surface area contributed by atoms with Crippen molar-refractivity contribution in [3.05, 3.63) is 35.4 Å². The zero-order chi connectivity index (χ0) is 14.9. The summed E-state index contributed by atoms with van der Waals surface area (Å²) in [7, 11) is -3.06. The monoisotopic (exact) mass is 308 g/mol. The zero-order valence-electron chi connectivity index (χ0n) is 12.3. The Kier molecular flexibility index (Phi) is 4.33. The topological polar surface area (TPSA) is 72.2 Å². The first-order chi connectivity index (χ1) is 10.1. The highest BCUT2D eigenvalue weighted by Crippen LogP contribution is 2.41. The summed E-state index contributed by atoms with van der Waals surface area (Å²) in [6.07, 6.45) is 6.11. The minimum atomic E-state index is -3.06. The van der Waals surface area contributed by atoms with E-state index in [2.05, 4.69) is 11.5 Å². The fraction of sp³-hybridized carbons (Fsp3) is 0.625. The number of nitrogens with two attached hydrogens (primary N) is 1. The van der Waals surface area contributed by atoms with Gasteiger partial charge in [-0.3, -0.25) is 11.3 Å². The second-order valence-electron chi connectivity index (χ2n) is 6.30. The van der Waals surface area contributed by atoms with Gasteiger partial charge in [-0.15, -0.1) is 0 Å². The summed E-state index contributed by atoms with van der Waals surface area (Å²) in [5.74, 6) is 6.64. The molecule has 2 atom stereocenters. The molecule has 1 saturated carbocycles. The molecular formula is C16H24N2O2S. The average molecular weight is 308 g/mol. The van der Waals surface area contributed by atoms with E-state index in [9.17, 15) is 8.42 Å². The number of hydrazine groups is 1. The molecule has 1 heterocycles. The van der Waals surface area contributed by atoms with Crippen LogP contribution >= 0.6 is 0 Å². The molecule has 2 fully saturated rings. The fourth-order valence-corrected chi connectivity index (χ4v) is 5.71. The van der Waals surface area contributed by atoms with E-state index in [1.807, 2.05) is 18.2 Å². The summed E-state index contributed by atoms with van der Waals surface area (Å²) in [5.41, 5.74) is 5.18. The highest BCUT2D eigenvalue weighted by molar-refractivity contribution is 7.92. The van der Waals surface area contributed by atoms with E-state index in [1.165, 1.54) is 24.8 Å². The third-order valence-electron chi connectivity index (χ3n) is 5.06. The number of sulfone groups is 1.